The molecule has 3 atom stereocenters. The summed E-state index contributed by atoms with van der Waals surface area (Å²) in [7, 11) is 3.62. The Morgan fingerprint density at radius 3 is 2.44 bits per heavy atom. The van der Waals surface area contributed by atoms with Crippen molar-refractivity contribution in [1.82, 2.24) is 0 Å². The van der Waals surface area contributed by atoms with Gasteiger partial charge in [-0.2, -0.15) is 0 Å². The SMILES string of the molecule is COC(=O)C1=COC2C(C(=O)OC)C2(OC)C1=O. The maximum Gasteiger partial charge on any atom is 0.344 e. The number of carbonyl (C=O) groups excluding carboxylic acids is 3. The molecule has 98 valence electrons. The number of esters is 2. The lowest BCUT2D eigenvalue weighted by atomic mass is 10.0. The van der Waals surface area contributed by atoms with Crippen LogP contribution in [-0.2, 0) is 33.3 Å². The number of hydrogen-bond donors (Lipinski definition) is 0. The first-order valence-electron chi connectivity index (χ1n) is 5.16. The van der Waals surface area contributed by atoms with E-state index < -0.39 is 35.3 Å². The first-order chi connectivity index (χ1) is 8.54. The van der Waals surface area contributed by atoms with Gasteiger partial charge >= 0.3 is 11.9 Å². The molecule has 1 aliphatic heterocycles. The van der Waals surface area contributed by atoms with Gasteiger partial charge in [-0.25, -0.2) is 4.79 Å². The molecule has 0 spiro atoms. The van der Waals surface area contributed by atoms with Crippen molar-refractivity contribution < 1.29 is 33.3 Å². The summed E-state index contributed by atoms with van der Waals surface area (Å²) in [6.07, 6.45) is 0.245. The zero-order valence-corrected chi connectivity index (χ0v) is 10.1. The zero-order valence-electron chi connectivity index (χ0n) is 10.1. The van der Waals surface area contributed by atoms with E-state index in [2.05, 4.69) is 9.47 Å². The van der Waals surface area contributed by atoms with E-state index in [4.69, 9.17) is 9.47 Å². The molecule has 0 aromatic heterocycles. The number of carbonyl (C=O) groups is 3. The van der Waals surface area contributed by atoms with E-state index in [1.165, 1.54) is 14.2 Å². The normalized spacial score (nSPS) is 32.8. The van der Waals surface area contributed by atoms with Crippen molar-refractivity contribution in [2.45, 2.75) is 11.7 Å². The molecule has 1 aliphatic carbocycles. The molecule has 1 fully saturated rings. The third-order valence-electron chi connectivity index (χ3n) is 3.21. The van der Waals surface area contributed by atoms with Crippen LogP contribution in [0.4, 0.5) is 0 Å². The minimum absolute atomic E-state index is 0.276. The Hall–Kier alpha value is -1.89. The maximum absolute atomic E-state index is 12.2. The second kappa shape index (κ2) is 4.09. The molecule has 18 heavy (non-hydrogen) atoms. The summed E-state index contributed by atoms with van der Waals surface area (Å²) < 4.78 is 19.3. The van der Waals surface area contributed by atoms with Gasteiger partial charge in [0.2, 0.25) is 5.78 Å². The van der Waals surface area contributed by atoms with Crippen LogP contribution in [0, 0.1) is 5.92 Å². The quantitative estimate of drug-likeness (QED) is 0.482. The summed E-state index contributed by atoms with van der Waals surface area (Å²) in [5.74, 6) is -2.93. The van der Waals surface area contributed by atoms with Gasteiger partial charge in [-0.3, -0.25) is 9.59 Å². The van der Waals surface area contributed by atoms with Crippen LogP contribution in [0.3, 0.4) is 0 Å². The van der Waals surface area contributed by atoms with Crippen molar-refractivity contribution in [2.75, 3.05) is 21.3 Å². The highest BCUT2D eigenvalue weighted by molar-refractivity contribution is 6.23. The Labute approximate surface area is 103 Å². The van der Waals surface area contributed by atoms with Crippen LogP contribution < -0.4 is 0 Å². The fourth-order valence-corrected chi connectivity index (χ4v) is 2.20. The first kappa shape index (κ1) is 12.6. The second-order valence-electron chi connectivity index (χ2n) is 3.91. The van der Waals surface area contributed by atoms with Gasteiger partial charge in [-0.05, 0) is 0 Å². The van der Waals surface area contributed by atoms with Crippen LogP contribution in [-0.4, -0.2) is 50.8 Å². The molecule has 0 bridgehead atoms. The van der Waals surface area contributed by atoms with Crippen LogP contribution in [0.5, 0.6) is 0 Å². The average Bonchev–Trinajstić information content (AvgIpc) is 3.07. The Bertz CT molecular complexity index is 452. The molecule has 7 heteroatoms. The van der Waals surface area contributed by atoms with Gasteiger partial charge in [0.1, 0.15) is 17.8 Å². The van der Waals surface area contributed by atoms with Crippen molar-refractivity contribution in [2.24, 2.45) is 5.92 Å². The zero-order chi connectivity index (χ0) is 13.5. The summed E-state index contributed by atoms with van der Waals surface area (Å²) in [5.41, 5.74) is -1.74. The number of hydrogen-bond acceptors (Lipinski definition) is 7. The Morgan fingerprint density at radius 2 is 1.94 bits per heavy atom. The van der Waals surface area contributed by atoms with Crippen molar-refractivity contribution in [3.05, 3.63) is 11.8 Å². The molecule has 0 radical (unpaired) electrons. The van der Waals surface area contributed by atoms with E-state index >= 15 is 0 Å². The first-order valence-corrected chi connectivity index (χ1v) is 5.16. The Balaban J connectivity index is 2.31. The molecule has 1 heterocycles. The van der Waals surface area contributed by atoms with E-state index in [0.29, 0.717) is 0 Å². The molecular formula is C11H12O7. The summed E-state index contributed by atoms with van der Waals surface area (Å²) >= 11 is 0. The Kier molecular flexibility index (Phi) is 2.86. The monoisotopic (exact) mass is 256 g/mol. The lowest BCUT2D eigenvalue weighted by Crippen LogP contribution is -2.38. The van der Waals surface area contributed by atoms with Gasteiger partial charge in [0, 0.05) is 7.11 Å². The van der Waals surface area contributed by atoms with E-state index in [1.807, 2.05) is 0 Å². The number of methoxy groups -OCH3 is 3. The standard InChI is InChI=1S/C11H12O7/c1-15-9(13)5-4-18-8-6(10(14)16-2)11(8,17-3)7(5)12/h4,6,8H,1-3H3. The summed E-state index contributed by atoms with van der Waals surface area (Å²) in [6.45, 7) is 0. The molecule has 0 amide bonds. The van der Waals surface area contributed by atoms with Gasteiger partial charge < -0.3 is 18.9 Å². The minimum atomic E-state index is -1.47. The van der Waals surface area contributed by atoms with E-state index in [0.717, 1.165) is 13.4 Å². The minimum Gasteiger partial charge on any atom is -0.492 e. The predicted octanol–water partition coefficient (Wildman–Crippen LogP) is -0.801. The van der Waals surface area contributed by atoms with Gasteiger partial charge in [-0.1, -0.05) is 0 Å². The van der Waals surface area contributed by atoms with Gasteiger partial charge in [0.05, 0.1) is 14.2 Å². The molecular weight excluding hydrogens is 244 g/mol. The van der Waals surface area contributed by atoms with Crippen LogP contribution in [0.15, 0.2) is 11.8 Å². The third-order valence-corrected chi connectivity index (χ3v) is 3.21. The third kappa shape index (κ3) is 1.37. The molecule has 0 aromatic rings. The molecule has 7 nitrogen and oxygen atoms in total. The Morgan fingerprint density at radius 1 is 1.28 bits per heavy atom. The molecule has 2 aliphatic rings. The summed E-state index contributed by atoms with van der Waals surface area (Å²) in [6, 6.07) is 0. The van der Waals surface area contributed by atoms with E-state index in [1.54, 1.807) is 0 Å². The lowest BCUT2D eigenvalue weighted by Gasteiger charge is -2.18. The van der Waals surface area contributed by atoms with Gasteiger partial charge in [-0.15, -0.1) is 0 Å². The van der Waals surface area contributed by atoms with Crippen LogP contribution in [0.1, 0.15) is 0 Å². The molecule has 0 N–H and O–H groups in total. The summed E-state index contributed by atoms with van der Waals surface area (Å²) in [5, 5.41) is 0. The predicted molar refractivity (Wildman–Crippen MR) is 55.2 cm³/mol. The largest absolute Gasteiger partial charge is 0.492 e. The molecule has 1 saturated carbocycles. The molecule has 2 rings (SSSR count). The van der Waals surface area contributed by atoms with E-state index in [9.17, 15) is 14.4 Å². The van der Waals surface area contributed by atoms with E-state index in [-0.39, 0.29) is 5.57 Å². The highest BCUT2D eigenvalue weighted by atomic mass is 16.6. The smallest absolute Gasteiger partial charge is 0.344 e. The number of fused-ring (bicyclic) bond motifs is 1. The lowest BCUT2D eigenvalue weighted by molar-refractivity contribution is -0.149. The maximum atomic E-state index is 12.2. The number of Topliss-reactive ketones (excluding diaryl/α,β-unsaturated/α-hetero) is 1. The second-order valence-corrected chi connectivity index (χ2v) is 3.91. The highest BCUT2D eigenvalue weighted by Gasteiger charge is 2.79. The van der Waals surface area contributed by atoms with Crippen molar-refractivity contribution in [3.63, 3.8) is 0 Å². The number of ether oxygens (including phenoxy) is 4. The fourth-order valence-electron chi connectivity index (χ4n) is 2.20. The number of rotatable bonds is 3. The highest BCUT2D eigenvalue weighted by Crippen LogP contribution is 2.54. The van der Waals surface area contributed by atoms with Crippen LogP contribution in [0.2, 0.25) is 0 Å². The van der Waals surface area contributed by atoms with Gasteiger partial charge in [0.25, 0.3) is 0 Å². The fraction of sp³-hybridized carbons (Fsp3) is 0.545. The number of ketones is 1. The average molecular weight is 256 g/mol. The van der Waals surface area contributed by atoms with Crippen LogP contribution >= 0.6 is 0 Å². The van der Waals surface area contributed by atoms with Crippen LogP contribution in [0.25, 0.3) is 0 Å². The molecule has 0 aromatic carbocycles. The topological polar surface area (TPSA) is 88.1 Å². The molecule has 0 saturated heterocycles. The van der Waals surface area contributed by atoms with Crippen molar-refractivity contribution >= 4 is 17.7 Å². The van der Waals surface area contributed by atoms with Crippen molar-refractivity contribution in [1.29, 1.82) is 0 Å². The van der Waals surface area contributed by atoms with Gasteiger partial charge in [0.15, 0.2) is 11.7 Å². The van der Waals surface area contributed by atoms with Crippen molar-refractivity contribution in [3.8, 4) is 0 Å². The molecule has 3 unspecified atom stereocenters. The summed E-state index contributed by atoms with van der Waals surface area (Å²) in [4.78, 5) is 35.1.